The van der Waals surface area contributed by atoms with E-state index in [0.717, 1.165) is 30.5 Å². The molecule has 1 N–H and O–H groups in total. The lowest BCUT2D eigenvalue weighted by Gasteiger charge is -2.08. The highest BCUT2D eigenvalue weighted by atomic mass is 32.2. The van der Waals surface area contributed by atoms with Crippen LogP contribution in [0, 0.1) is 18.3 Å². The van der Waals surface area contributed by atoms with Crippen molar-refractivity contribution in [3.05, 3.63) is 0 Å². The molecule has 0 radical (unpaired) electrons. The number of thioether (sulfide) groups is 1. The minimum Gasteiger partial charge on any atom is -0.316 e. The van der Waals surface area contributed by atoms with Gasteiger partial charge in [-0.05, 0) is 12.5 Å². The first kappa shape index (κ1) is 11.9. The third-order valence-corrected chi connectivity index (χ3v) is 2.66. The van der Waals surface area contributed by atoms with Gasteiger partial charge < -0.3 is 5.32 Å². The predicted molar refractivity (Wildman–Crippen MR) is 58.5 cm³/mol. The van der Waals surface area contributed by atoms with Crippen molar-refractivity contribution in [2.75, 3.05) is 24.6 Å². The standard InChI is InChI=1S/C10H19NS/c1-4-7-12-8-6-11-9-10(3)5-2/h1,10-11H,5-9H2,2-3H3. The zero-order chi connectivity index (χ0) is 9.23. The predicted octanol–water partition coefficient (Wildman–Crippen LogP) is 1.99. The zero-order valence-corrected chi connectivity index (χ0v) is 8.91. The van der Waals surface area contributed by atoms with E-state index in [-0.39, 0.29) is 0 Å². The Morgan fingerprint density at radius 3 is 2.92 bits per heavy atom. The van der Waals surface area contributed by atoms with Gasteiger partial charge in [0.15, 0.2) is 0 Å². The fraction of sp³-hybridized carbons (Fsp3) is 0.800. The quantitative estimate of drug-likeness (QED) is 0.481. The molecule has 2 heteroatoms. The fourth-order valence-electron chi connectivity index (χ4n) is 0.768. The van der Waals surface area contributed by atoms with Crippen LogP contribution in [0.2, 0.25) is 0 Å². The first-order valence-corrected chi connectivity index (χ1v) is 5.68. The number of terminal acetylenes is 1. The normalized spacial score (nSPS) is 12.4. The first-order chi connectivity index (χ1) is 5.81. The molecule has 12 heavy (non-hydrogen) atoms. The van der Waals surface area contributed by atoms with Crippen molar-refractivity contribution >= 4 is 11.8 Å². The van der Waals surface area contributed by atoms with E-state index in [9.17, 15) is 0 Å². The molecule has 0 rings (SSSR count). The van der Waals surface area contributed by atoms with Crippen LogP contribution in [0.25, 0.3) is 0 Å². The van der Waals surface area contributed by atoms with Crippen LogP contribution in [-0.2, 0) is 0 Å². The van der Waals surface area contributed by atoms with Crippen molar-refractivity contribution in [2.24, 2.45) is 5.92 Å². The maximum Gasteiger partial charge on any atom is 0.0545 e. The number of hydrogen-bond donors (Lipinski definition) is 1. The number of nitrogens with one attached hydrogen (secondary N) is 1. The Hall–Kier alpha value is -0.130. The van der Waals surface area contributed by atoms with Gasteiger partial charge in [0.2, 0.25) is 0 Å². The second-order valence-corrected chi connectivity index (χ2v) is 4.08. The van der Waals surface area contributed by atoms with Crippen molar-refractivity contribution in [1.29, 1.82) is 0 Å². The summed E-state index contributed by atoms with van der Waals surface area (Å²) in [5.41, 5.74) is 0. The molecule has 0 bridgehead atoms. The van der Waals surface area contributed by atoms with Crippen LogP contribution < -0.4 is 5.32 Å². The molecule has 0 aromatic heterocycles. The molecule has 0 aliphatic heterocycles. The summed E-state index contributed by atoms with van der Waals surface area (Å²) in [6.07, 6.45) is 6.38. The first-order valence-electron chi connectivity index (χ1n) is 4.53. The lowest BCUT2D eigenvalue weighted by atomic mass is 10.1. The highest BCUT2D eigenvalue weighted by molar-refractivity contribution is 7.99. The Labute approximate surface area is 80.7 Å². The lowest BCUT2D eigenvalue weighted by molar-refractivity contribution is 0.511. The Kier molecular flexibility index (Phi) is 8.86. The summed E-state index contributed by atoms with van der Waals surface area (Å²) >= 11 is 1.81. The molecule has 1 unspecified atom stereocenters. The van der Waals surface area contributed by atoms with Gasteiger partial charge >= 0.3 is 0 Å². The van der Waals surface area contributed by atoms with Gasteiger partial charge in [-0.2, -0.15) is 0 Å². The van der Waals surface area contributed by atoms with Crippen LogP contribution in [0.5, 0.6) is 0 Å². The van der Waals surface area contributed by atoms with Crippen molar-refractivity contribution in [3.8, 4) is 12.3 Å². The highest BCUT2D eigenvalue weighted by Crippen LogP contribution is 1.98. The summed E-state index contributed by atoms with van der Waals surface area (Å²) in [6.45, 7) is 6.70. The molecular formula is C10H19NS. The molecule has 70 valence electrons. The molecule has 0 spiro atoms. The zero-order valence-electron chi connectivity index (χ0n) is 8.10. The third kappa shape index (κ3) is 7.97. The van der Waals surface area contributed by atoms with Gasteiger partial charge in [0.1, 0.15) is 0 Å². The van der Waals surface area contributed by atoms with Gasteiger partial charge in [0, 0.05) is 12.3 Å². The van der Waals surface area contributed by atoms with Gasteiger partial charge in [-0.25, -0.2) is 0 Å². The number of hydrogen-bond acceptors (Lipinski definition) is 2. The van der Waals surface area contributed by atoms with E-state index >= 15 is 0 Å². The molecular weight excluding hydrogens is 166 g/mol. The molecule has 0 fully saturated rings. The molecule has 0 aromatic carbocycles. The second kappa shape index (κ2) is 8.96. The Morgan fingerprint density at radius 1 is 1.58 bits per heavy atom. The van der Waals surface area contributed by atoms with Crippen LogP contribution in [0.15, 0.2) is 0 Å². The summed E-state index contributed by atoms with van der Waals surface area (Å²) in [5.74, 6) is 5.37. The molecule has 0 aliphatic rings. The average Bonchev–Trinajstić information content (AvgIpc) is 2.10. The number of rotatable bonds is 7. The van der Waals surface area contributed by atoms with Gasteiger partial charge in [-0.15, -0.1) is 18.2 Å². The van der Waals surface area contributed by atoms with E-state index < -0.39 is 0 Å². The van der Waals surface area contributed by atoms with E-state index in [4.69, 9.17) is 6.42 Å². The van der Waals surface area contributed by atoms with E-state index in [1.165, 1.54) is 6.42 Å². The third-order valence-electron chi connectivity index (χ3n) is 1.80. The van der Waals surface area contributed by atoms with Crippen LogP contribution in [0.4, 0.5) is 0 Å². The van der Waals surface area contributed by atoms with E-state index in [0.29, 0.717) is 0 Å². The SMILES string of the molecule is C#CCSCCNCC(C)CC. The maximum absolute atomic E-state index is 5.12. The molecule has 0 aliphatic carbocycles. The second-order valence-electron chi connectivity index (χ2n) is 2.97. The van der Waals surface area contributed by atoms with Crippen LogP contribution in [0.3, 0.4) is 0 Å². The average molecular weight is 185 g/mol. The molecule has 1 nitrogen and oxygen atoms in total. The van der Waals surface area contributed by atoms with Crippen molar-refractivity contribution in [3.63, 3.8) is 0 Å². The maximum atomic E-state index is 5.12. The van der Waals surface area contributed by atoms with E-state index in [2.05, 4.69) is 25.1 Å². The molecule has 1 atom stereocenters. The summed E-state index contributed by atoms with van der Waals surface area (Å²) < 4.78 is 0. The highest BCUT2D eigenvalue weighted by Gasteiger charge is 1.96. The molecule has 0 amide bonds. The summed E-state index contributed by atoms with van der Waals surface area (Å²) in [7, 11) is 0. The Morgan fingerprint density at radius 2 is 2.33 bits per heavy atom. The smallest absolute Gasteiger partial charge is 0.0545 e. The molecule has 0 heterocycles. The summed E-state index contributed by atoms with van der Waals surface area (Å²) in [4.78, 5) is 0. The van der Waals surface area contributed by atoms with Crippen LogP contribution >= 0.6 is 11.8 Å². The summed E-state index contributed by atoms with van der Waals surface area (Å²) in [5, 5.41) is 3.41. The van der Waals surface area contributed by atoms with Crippen molar-refractivity contribution < 1.29 is 0 Å². The molecule has 0 saturated heterocycles. The minimum absolute atomic E-state index is 0.794. The summed E-state index contributed by atoms with van der Waals surface area (Å²) in [6, 6.07) is 0. The molecule has 0 aromatic rings. The van der Waals surface area contributed by atoms with Crippen molar-refractivity contribution in [1.82, 2.24) is 5.32 Å². The molecule has 0 saturated carbocycles. The van der Waals surface area contributed by atoms with Crippen LogP contribution in [0.1, 0.15) is 20.3 Å². The van der Waals surface area contributed by atoms with Gasteiger partial charge in [0.25, 0.3) is 0 Å². The minimum atomic E-state index is 0.794. The Balaban J connectivity index is 2.96. The monoisotopic (exact) mass is 185 g/mol. The van der Waals surface area contributed by atoms with Gasteiger partial charge in [-0.1, -0.05) is 26.2 Å². The van der Waals surface area contributed by atoms with Gasteiger partial charge in [-0.3, -0.25) is 0 Å². The Bertz CT molecular complexity index is 128. The largest absolute Gasteiger partial charge is 0.316 e. The fourth-order valence-corrected chi connectivity index (χ4v) is 1.32. The van der Waals surface area contributed by atoms with Gasteiger partial charge in [0.05, 0.1) is 5.75 Å². The van der Waals surface area contributed by atoms with Crippen LogP contribution in [-0.4, -0.2) is 24.6 Å². The topological polar surface area (TPSA) is 12.0 Å². The van der Waals surface area contributed by atoms with E-state index in [1.54, 1.807) is 0 Å². The van der Waals surface area contributed by atoms with E-state index in [1.807, 2.05) is 11.8 Å². The van der Waals surface area contributed by atoms with Crippen molar-refractivity contribution in [2.45, 2.75) is 20.3 Å². The lowest BCUT2D eigenvalue weighted by Crippen LogP contribution is -2.23.